The number of rotatable bonds is 3. The maximum atomic E-state index is 13.2. The van der Waals surface area contributed by atoms with Crippen molar-refractivity contribution >= 4 is 11.9 Å². The summed E-state index contributed by atoms with van der Waals surface area (Å²) in [6.45, 7) is 3.63. The molecule has 24 heavy (non-hydrogen) atoms. The van der Waals surface area contributed by atoms with Crippen molar-refractivity contribution in [2.45, 2.75) is 37.2 Å². The molecule has 2 atom stereocenters. The van der Waals surface area contributed by atoms with Gasteiger partial charge in [0.25, 0.3) is 0 Å². The van der Waals surface area contributed by atoms with Gasteiger partial charge in [-0.05, 0) is 50.3 Å². The molecule has 0 spiro atoms. The molecule has 1 aromatic rings. The van der Waals surface area contributed by atoms with E-state index in [1.54, 1.807) is 0 Å². The summed E-state index contributed by atoms with van der Waals surface area (Å²) in [6, 6.07) is 9.38. The largest absolute Gasteiger partial charge is 0.460 e. The van der Waals surface area contributed by atoms with Crippen LogP contribution in [0.1, 0.15) is 31.2 Å². The summed E-state index contributed by atoms with van der Waals surface area (Å²) in [5.41, 5.74) is -0.445. The Morgan fingerprint density at radius 3 is 2.58 bits per heavy atom. The molecule has 1 aromatic carbocycles. The Morgan fingerprint density at radius 1 is 1.21 bits per heavy atom. The van der Waals surface area contributed by atoms with Crippen molar-refractivity contribution in [2.24, 2.45) is 5.92 Å². The minimum Gasteiger partial charge on any atom is -0.460 e. The Balaban J connectivity index is 1.61. The van der Waals surface area contributed by atoms with Crippen molar-refractivity contribution in [3.63, 3.8) is 0 Å². The second-order valence-corrected chi connectivity index (χ2v) is 7.21. The Labute approximate surface area is 142 Å². The van der Waals surface area contributed by atoms with E-state index in [2.05, 4.69) is 10.2 Å². The van der Waals surface area contributed by atoms with Crippen LogP contribution in [-0.2, 0) is 19.7 Å². The smallest absolute Gasteiger partial charge is 0.326 e. The number of carbonyl (C=O) groups is 2. The number of hydrogen-bond acceptors (Lipinski definition) is 4. The van der Waals surface area contributed by atoms with E-state index in [0.29, 0.717) is 18.9 Å². The van der Waals surface area contributed by atoms with Crippen LogP contribution in [-0.4, -0.2) is 49.1 Å². The quantitative estimate of drug-likeness (QED) is 0.674. The van der Waals surface area contributed by atoms with Crippen molar-refractivity contribution in [1.82, 2.24) is 10.2 Å². The van der Waals surface area contributed by atoms with E-state index in [0.717, 1.165) is 44.5 Å². The molecule has 4 heterocycles. The van der Waals surface area contributed by atoms with Crippen LogP contribution in [0.2, 0.25) is 0 Å². The first kappa shape index (κ1) is 15.6. The average molecular weight is 328 g/mol. The lowest BCUT2D eigenvalue weighted by atomic mass is 9.73. The molecule has 0 aromatic heterocycles. The van der Waals surface area contributed by atoms with Gasteiger partial charge in [-0.25, -0.2) is 0 Å². The maximum absolute atomic E-state index is 13.2. The van der Waals surface area contributed by atoms with Crippen LogP contribution in [0.3, 0.4) is 0 Å². The summed E-state index contributed by atoms with van der Waals surface area (Å²) >= 11 is 0. The summed E-state index contributed by atoms with van der Waals surface area (Å²) in [7, 11) is 0. The van der Waals surface area contributed by atoms with Crippen LogP contribution in [0.4, 0.5) is 0 Å². The first-order chi connectivity index (χ1) is 11.7. The fraction of sp³-hybridized carbons (Fsp3) is 0.579. The van der Waals surface area contributed by atoms with Crippen molar-refractivity contribution in [3.05, 3.63) is 35.9 Å². The first-order valence-corrected chi connectivity index (χ1v) is 8.97. The number of nitrogens with one attached hydrogen (secondary N) is 1. The highest BCUT2D eigenvalue weighted by molar-refractivity contribution is 6.09. The third-order valence-corrected chi connectivity index (χ3v) is 5.87. The summed E-state index contributed by atoms with van der Waals surface area (Å²) in [5, 5.41) is 2.87. The molecule has 5 rings (SSSR count). The van der Waals surface area contributed by atoms with Gasteiger partial charge in [0.05, 0.1) is 0 Å². The number of ether oxygens (including phenoxy) is 1. The molecule has 4 aliphatic rings. The lowest BCUT2D eigenvalue weighted by Gasteiger charge is -2.45. The third-order valence-electron chi connectivity index (χ3n) is 5.87. The fourth-order valence-electron chi connectivity index (χ4n) is 4.41. The topological polar surface area (TPSA) is 58.6 Å². The van der Waals surface area contributed by atoms with E-state index < -0.39 is 5.41 Å². The van der Waals surface area contributed by atoms with Crippen molar-refractivity contribution in [2.75, 3.05) is 26.2 Å². The standard InChI is InChI=1S/C19H24N2O3/c22-17-19(9-4-10-20-17,15-5-2-1-3-6-15)18(23)24-16-13-21-11-7-14(16)8-12-21/h1-3,5-6,14,16H,4,7-13H2,(H,20,22)/t16-,19?/m1/s1. The molecular weight excluding hydrogens is 304 g/mol. The molecule has 4 fully saturated rings. The Hall–Kier alpha value is -1.88. The van der Waals surface area contributed by atoms with E-state index >= 15 is 0 Å². The molecule has 4 aliphatic heterocycles. The van der Waals surface area contributed by atoms with E-state index in [9.17, 15) is 9.59 Å². The van der Waals surface area contributed by atoms with Gasteiger partial charge in [0.2, 0.25) is 5.91 Å². The van der Waals surface area contributed by atoms with Gasteiger partial charge < -0.3 is 10.1 Å². The number of carbonyl (C=O) groups excluding carboxylic acids is 2. The van der Waals surface area contributed by atoms with Crippen LogP contribution >= 0.6 is 0 Å². The minimum absolute atomic E-state index is 0.0738. The van der Waals surface area contributed by atoms with Gasteiger partial charge in [-0.15, -0.1) is 0 Å². The molecule has 0 radical (unpaired) electrons. The van der Waals surface area contributed by atoms with Gasteiger partial charge in [-0.1, -0.05) is 30.3 Å². The fourth-order valence-corrected chi connectivity index (χ4v) is 4.41. The van der Waals surface area contributed by atoms with E-state index in [-0.39, 0.29) is 18.0 Å². The Bertz CT molecular complexity index is 625. The second kappa shape index (κ2) is 6.20. The number of esters is 1. The van der Waals surface area contributed by atoms with Crippen molar-refractivity contribution < 1.29 is 14.3 Å². The van der Waals surface area contributed by atoms with Crippen molar-refractivity contribution in [1.29, 1.82) is 0 Å². The van der Waals surface area contributed by atoms with Crippen LogP contribution in [0.15, 0.2) is 30.3 Å². The zero-order valence-electron chi connectivity index (χ0n) is 13.9. The van der Waals surface area contributed by atoms with Crippen molar-refractivity contribution in [3.8, 4) is 0 Å². The summed E-state index contributed by atoms with van der Waals surface area (Å²) < 4.78 is 5.95. The highest BCUT2D eigenvalue weighted by atomic mass is 16.5. The lowest BCUT2D eigenvalue weighted by Crippen LogP contribution is -2.58. The summed E-state index contributed by atoms with van der Waals surface area (Å²) in [6.07, 6.45) is 3.40. The molecule has 5 heteroatoms. The van der Waals surface area contributed by atoms with Crippen LogP contribution in [0.25, 0.3) is 0 Å². The number of nitrogens with zero attached hydrogens (tertiary/aromatic N) is 1. The summed E-state index contributed by atoms with van der Waals surface area (Å²) in [5.74, 6) is -0.144. The number of fused-ring (bicyclic) bond motifs is 3. The maximum Gasteiger partial charge on any atom is 0.326 e. The lowest BCUT2D eigenvalue weighted by molar-refractivity contribution is -0.169. The minimum atomic E-state index is -1.19. The van der Waals surface area contributed by atoms with Gasteiger partial charge in [0.1, 0.15) is 6.10 Å². The first-order valence-electron chi connectivity index (χ1n) is 8.97. The van der Waals surface area contributed by atoms with Crippen LogP contribution in [0.5, 0.6) is 0 Å². The SMILES string of the molecule is O=C1NCCCC1(C(=O)O[C@@H]1CN2CCC1CC2)c1ccccc1. The normalized spacial score (nSPS) is 35.3. The van der Waals surface area contributed by atoms with Crippen LogP contribution < -0.4 is 5.32 Å². The van der Waals surface area contributed by atoms with Gasteiger partial charge in [0.15, 0.2) is 5.41 Å². The molecule has 1 N–H and O–H groups in total. The van der Waals surface area contributed by atoms with E-state index in [1.807, 2.05) is 30.3 Å². The van der Waals surface area contributed by atoms with Gasteiger partial charge >= 0.3 is 5.97 Å². The number of benzene rings is 1. The van der Waals surface area contributed by atoms with E-state index in [1.165, 1.54) is 0 Å². The van der Waals surface area contributed by atoms with Gasteiger partial charge in [-0.3, -0.25) is 14.5 Å². The number of piperidine rings is 4. The molecule has 1 unspecified atom stereocenters. The Morgan fingerprint density at radius 2 is 1.96 bits per heavy atom. The average Bonchev–Trinajstić information content (AvgIpc) is 2.64. The zero-order valence-corrected chi connectivity index (χ0v) is 13.9. The molecule has 1 amide bonds. The summed E-state index contributed by atoms with van der Waals surface area (Å²) in [4.78, 5) is 28.3. The number of hydrogen-bond donors (Lipinski definition) is 1. The highest BCUT2D eigenvalue weighted by Crippen LogP contribution is 2.36. The second-order valence-electron chi connectivity index (χ2n) is 7.21. The number of amides is 1. The van der Waals surface area contributed by atoms with E-state index in [4.69, 9.17) is 4.74 Å². The molecule has 2 bridgehead atoms. The van der Waals surface area contributed by atoms with Crippen LogP contribution in [0, 0.1) is 5.92 Å². The van der Waals surface area contributed by atoms with Gasteiger partial charge in [0, 0.05) is 13.1 Å². The molecule has 128 valence electrons. The van der Waals surface area contributed by atoms with Gasteiger partial charge in [-0.2, -0.15) is 0 Å². The zero-order chi connectivity index (χ0) is 16.6. The third kappa shape index (κ3) is 2.51. The molecule has 0 saturated carbocycles. The highest BCUT2D eigenvalue weighted by Gasteiger charge is 2.51. The molecule has 4 saturated heterocycles. The predicted octanol–water partition coefficient (Wildman–Crippen LogP) is 1.47. The molecule has 5 nitrogen and oxygen atoms in total. The predicted molar refractivity (Wildman–Crippen MR) is 89.4 cm³/mol. The molecule has 0 aliphatic carbocycles. The monoisotopic (exact) mass is 328 g/mol. The molecular formula is C19H24N2O3. The Kier molecular flexibility index (Phi) is 4.04.